The Labute approximate surface area is 138 Å². The average Bonchev–Trinajstić information content (AvgIpc) is 2.54. The maximum Gasteiger partial charge on any atom is 0.175 e. The van der Waals surface area contributed by atoms with Gasteiger partial charge in [0.05, 0.1) is 18.1 Å². The summed E-state index contributed by atoms with van der Waals surface area (Å²) >= 11 is 0. The zero-order valence-electron chi connectivity index (χ0n) is 12.8. The molecule has 2 aromatic rings. The summed E-state index contributed by atoms with van der Waals surface area (Å²) in [6.45, 7) is -0.970. The van der Waals surface area contributed by atoms with Crippen LogP contribution in [0, 0.1) is 11.6 Å². The van der Waals surface area contributed by atoms with Crippen molar-refractivity contribution in [1.29, 1.82) is 0 Å². The van der Waals surface area contributed by atoms with Crippen LogP contribution in [0.15, 0.2) is 47.4 Å². The first-order chi connectivity index (χ1) is 11.3. The molecule has 0 saturated heterocycles. The van der Waals surface area contributed by atoms with Gasteiger partial charge in [-0.1, -0.05) is 18.2 Å². The largest absolute Gasteiger partial charge is 0.392 e. The van der Waals surface area contributed by atoms with Gasteiger partial charge in [-0.05, 0) is 46.5 Å². The first kappa shape index (κ1) is 18.3. The van der Waals surface area contributed by atoms with E-state index in [1.165, 1.54) is 30.3 Å². The van der Waals surface area contributed by atoms with Gasteiger partial charge in [0.1, 0.15) is 0 Å². The highest BCUT2D eigenvalue weighted by Gasteiger charge is 2.14. The molecule has 0 fully saturated rings. The van der Waals surface area contributed by atoms with Crippen LogP contribution in [0.25, 0.3) is 11.1 Å². The van der Waals surface area contributed by atoms with Crippen LogP contribution in [0.2, 0.25) is 0 Å². The molecule has 0 aromatic heterocycles. The first-order valence-corrected chi connectivity index (χ1v) is 8.86. The zero-order chi connectivity index (χ0) is 17.9. The maximum absolute atomic E-state index is 13.4. The van der Waals surface area contributed by atoms with Crippen LogP contribution < -0.4 is 0 Å². The molecular formula is C17H16F2O4S. The number of benzene rings is 2. The van der Waals surface area contributed by atoms with Gasteiger partial charge in [0.25, 0.3) is 0 Å². The molecule has 0 aliphatic heterocycles. The number of aliphatic hydroxyl groups excluding tert-OH is 2. The summed E-state index contributed by atoms with van der Waals surface area (Å²) in [7, 11) is -3.36. The van der Waals surface area contributed by atoms with E-state index in [4.69, 9.17) is 0 Å². The normalized spacial score (nSPS) is 12.9. The molecule has 128 valence electrons. The highest BCUT2D eigenvalue weighted by Crippen LogP contribution is 2.27. The highest BCUT2D eigenvalue weighted by molar-refractivity contribution is 7.90. The molecule has 0 unspecified atom stereocenters. The second-order valence-corrected chi connectivity index (χ2v) is 7.21. The first-order valence-electron chi connectivity index (χ1n) is 6.97. The van der Waals surface area contributed by atoms with E-state index >= 15 is 0 Å². The lowest BCUT2D eigenvalue weighted by molar-refractivity contribution is 0.340. The van der Waals surface area contributed by atoms with Crippen LogP contribution >= 0.6 is 0 Å². The molecule has 0 spiro atoms. The Kier molecular flexibility index (Phi) is 5.48. The molecule has 2 rings (SSSR count). The molecule has 0 aliphatic carbocycles. The van der Waals surface area contributed by atoms with Crippen molar-refractivity contribution in [1.82, 2.24) is 0 Å². The predicted molar refractivity (Wildman–Crippen MR) is 86.9 cm³/mol. The second kappa shape index (κ2) is 7.21. The molecule has 0 saturated carbocycles. The van der Waals surface area contributed by atoms with Crippen molar-refractivity contribution < 1.29 is 27.4 Å². The Bertz CT molecular complexity index is 872. The Morgan fingerprint density at radius 1 is 0.875 bits per heavy atom. The number of hydrogen-bond acceptors (Lipinski definition) is 4. The van der Waals surface area contributed by atoms with Crippen LogP contribution in [-0.4, -0.2) is 38.1 Å². The molecule has 7 heteroatoms. The van der Waals surface area contributed by atoms with Crippen molar-refractivity contribution in [2.24, 2.45) is 0 Å². The number of rotatable bonds is 5. The van der Waals surface area contributed by atoms with E-state index in [-0.39, 0.29) is 16.0 Å². The summed E-state index contributed by atoms with van der Waals surface area (Å²) in [6.07, 6.45) is 1.07. The van der Waals surface area contributed by atoms with E-state index in [1.54, 1.807) is 0 Å². The fourth-order valence-corrected chi connectivity index (χ4v) is 2.94. The van der Waals surface area contributed by atoms with Gasteiger partial charge in [-0.2, -0.15) is 0 Å². The molecule has 2 aromatic carbocycles. The molecule has 0 bridgehead atoms. The van der Waals surface area contributed by atoms with Crippen molar-refractivity contribution in [3.8, 4) is 0 Å². The van der Waals surface area contributed by atoms with Crippen LogP contribution in [-0.2, 0) is 9.84 Å². The molecule has 4 nitrogen and oxygen atoms in total. The molecule has 2 N–H and O–H groups in total. The van der Waals surface area contributed by atoms with Crippen molar-refractivity contribution in [3.05, 3.63) is 65.2 Å². The minimum Gasteiger partial charge on any atom is -0.392 e. The van der Waals surface area contributed by atoms with Gasteiger partial charge < -0.3 is 10.2 Å². The monoisotopic (exact) mass is 354 g/mol. The standard InChI is InChI=1S/C17H16F2O4S/c1-24(22,23)13-5-2-11(3-6-13)14(9-20)15(10-21)12-4-7-16(18)17(19)8-12/h2-8,20-21H,9-10H2,1H3/b15-14+. The molecule has 0 radical (unpaired) electrons. The lowest BCUT2D eigenvalue weighted by Crippen LogP contribution is -2.03. The molecule has 0 atom stereocenters. The third-order valence-electron chi connectivity index (χ3n) is 3.58. The van der Waals surface area contributed by atoms with E-state index < -0.39 is 34.7 Å². The quantitative estimate of drug-likeness (QED) is 0.808. The Balaban J connectivity index is 2.57. The maximum atomic E-state index is 13.4. The summed E-state index contributed by atoms with van der Waals surface area (Å²) < 4.78 is 49.5. The number of aliphatic hydroxyl groups is 2. The van der Waals surface area contributed by atoms with E-state index in [2.05, 4.69) is 0 Å². The summed E-state index contributed by atoms with van der Waals surface area (Å²) in [5.41, 5.74) is 1.22. The Morgan fingerprint density at radius 2 is 1.38 bits per heavy atom. The van der Waals surface area contributed by atoms with Crippen LogP contribution in [0.3, 0.4) is 0 Å². The summed E-state index contributed by atoms with van der Waals surface area (Å²) in [4.78, 5) is 0.113. The molecule has 0 heterocycles. The number of hydrogen-bond donors (Lipinski definition) is 2. The van der Waals surface area contributed by atoms with Crippen molar-refractivity contribution >= 4 is 21.0 Å². The Morgan fingerprint density at radius 3 is 1.83 bits per heavy atom. The summed E-state index contributed by atoms with van der Waals surface area (Å²) in [5.74, 6) is -2.08. The van der Waals surface area contributed by atoms with Gasteiger partial charge in [-0.25, -0.2) is 17.2 Å². The summed E-state index contributed by atoms with van der Waals surface area (Å²) in [6, 6.07) is 8.88. The van der Waals surface area contributed by atoms with Crippen LogP contribution in [0.4, 0.5) is 8.78 Å². The highest BCUT2D eigenvalue weighted by atomic mass is 32.2. The number of halogens is 2. The second-order valence-electron chi connectivity index (χ2n) is 5.20. The van der Waals surface area contributed by atoms with E-state index in [1.807, 2.05) is 0 Å². The molecular weight excluding hydrogens is 338 g/mol. The van der Waals surface area contributed by atoms with Gasteiger partial charge in [0, 0.05) is 6.26 Å². The SMILES string of the molecule is CS(=O)(=O)c1ccc(/C(CO)=C(\CO)c2ccc(F)c(F)c2)cc1. The van der Waals surface area contributed by atoms with Gasteiger partial charge >= 0.3 is 0 Å². The lowest BCUT2D eigenvalue weighted by atomic mass is 9.95. The van der Waals surface area contributed by atoms with Crippen LogP contribution in [0.5, 0.6) is 0 Å². The third-order valence-corrected chi connectivity index (χ3v) is 4.71. The van der Waals surface area contributed by atoms with Crippen molar-refractivity contribution in [2.75, 3.05) is 19.5 Å². The molecule has 0 amide bonds. The summed E-state index contributed by atoms with van der Waals surface area (Å²) in [5, 5.41) is 19.2. The van der Waals surface area contributed by atoms with E-state index in [0.717, 1.165) is 18.4 Å². The van der Waals surface area contributed by atoms with Crippen molar-refractivity contribution in [3.63, 3.8) is 0 Å². The van der Waals surface area contributed by atoms with E-state index in [9.17, 15) is 27.4 Å². The van der Waals surface area contributed by atoms with Gasteiger partial charge in [-0.15, -0.1) is 0 Å². The topological polar surface area (TPSA) is 74.6 Å². The fourth-order valence-electron chi connectivity index (χ4n) is 2.31. The van der Waals surface area contributed by atoms with Crippen LogP contribution in [0.1, 0.15) is 11.1 Å². The molecule has 0 aliphatic rings. The minimum absolute atomic E-state index is 0.113. The minimum atomic E-state index is -3.36. The third kappa shape index (κ3) is 3.87. The molecule has 24 heavy (non-hydrogen) atoms. The van der Waals surface area contributed by atoms with Gasteiger partial charge in [0.15, 0.2) is 21.5 Å². The average molecular weight is 354 g/mol. The van der Waals surface area contributed by atoms with Crippen molar-refractivity contribution in [2.45, 2.75) is 4.90 Å². The lowest BCUT2D eigenvalue weighted by Gasteiger charge is -2.13. The van der Waals surface area contributed by atoms with E-state index in [0.29, 0.717) is 11.1 Å². The predicted octanol–water partition coefficient (Wildman–Crippen LogP) is 2.26. The fraction of sp³-hybridized carbons (Fsp3) is 0.176. The Hall–Kier alpha value is -2.09. The smallest absolute Gasteiger partial charge is 0.175 e. The van der Waals surface area contributed by atoms with Gasteiger partial charge in [-0.3, -0.25) is 0 Å². The number of sulfone groups is 1. The van der Waals surface area contributed by atoms with Gasteiger partial charge in [0.2, 0.25) is 0 Å². The zero-order valence-corrected chi connectivity index (χ0v) is 13.6.